The second-order valence-electron chi connectivity index (χ2n) is 8.14. The summed E-state index contributed by atoms with van der Waals surface area (Å²) in [6.45, 7) is 5.47. The highest BCUT2D eigenvalue weighted by molar-refractivity contribution is 7.98. The summed E-state index contributed by atoms with van der Waals surface area (Å²) in [4.78, 5) is 25.5. The first-order chi connectivity index (χ1) is 16.0. The van der Waals surface area contributed by atoms with E-state index in [2.05, 4.69) is 12.2 Å². The Morgan fingerprint density at radius 3 is 2.55 bits per heavy atom. The fourth-order valence-corrected chi connectivity index (χ4v) is 4.13. The minimum absolute atomic E-state index is 0.281. The molecule has 0 fully saturated rings. The van der Waals surface area contributed by atoms with Crippen molar-refractivity contribution in [2.75, 3.05) is 25.7 Å². The zero-order valence-electron chi connectivity index (χ0n) is 20.3. The molecule has 0 aliphatic carbocycles. The lowest BCUT2D eigenvalue weighted by Crippen LogP contribution is -2.42. The van der Waals surface area contributed by atoms with E-state index in [4.69, 9.17) is 9.47 Å². The monoisotopic (exact) mass is 471 g/mol. The van der Waals surface area contributed by atoms with Crippen LogP contribution in [0.3, 0.4) is 0 Å². The van der Waals surface area contributed by atoms with Gasteiger partial charge in [0.15, 0.2) is 0 Å². The van der Waals surface area contributed by atoms with Gasteiger partial charge in [-0.3, -0.25) is 4.79 Å². The van der Waals surface area contributed by atoms with Gasteiger partial charge < -0.3 is 14.8 Å². The normalized spacial score (nSPS) is 11.8. The number of unbranched alkanes of at least 4 members (excludes halogenated alkanes) is 3. The number of carbonyl (C=O) groups excluding carboxylic acids is 2. The summed E-state index contributed by atoms with van der Waals surface area (Å²) in [6, 6.07) is 13.1. The number of carbonyl (C=O) groups is 2. The highest BCUT2D eigenvalue weighted by Gasteiger charge is 2.23. The van der Waals surface area contributed by atoms with E-state index in [1.54, 1.807) is 11.8 Å². The molecule has 0 spiro atoms. The standard InChI is InChI=1S/C27H37NO4S/c1-5-6-7-10-16-32-19-21-13-14-23(24(18-21)22-12-9-8-11-20(22)2)26(29)28-25(15-17-33-4)27(30)31-3/h8-9,11-14,18,25H,5-7,10,15-17,19H2,1-4H3,(H,28,29). The predicted octanol–water partition coefficient (Wildman–Crippen LogP) is 5.78. The number of aryl methyl sites for hydroxylation is 1. The van der Waals surface area contributed by atoms with Gasteiger partial charge in [-0.05, 0) is 66.2 Å². The number of rotatable bonds is 14. The fraction of sp³-hybridized carbons (Fsp3) is 0.481. The number of thioether (sulfide) groups is 1. The van der Waals surface area contributed by atoms with Crippen LogP contribution < -0.4 is 5.32 Å². The van der Waals surface area contributed by atoms with Crippen molar-refractivity contribution >= 4 is 23.6 Å². The van der Waals surface area contributed by atoms with Gasteiger partial charge in [-0.1, -0.05) is 56.5 Å². The van der Waals surface area contributed by atoms with Crippen LogP contribution in [-0.4, -0.2) is 43.6 Å². The lowest BCUT2D eigenvalue weighted by atomic mass is 9.93. The SMILES string of the molecule is CCCCCCOCc1ccc(C(=O)NC(CCSC)C(=O)OC)c(-c2ccccc2C)c1. The van der Waals surface area contributed by atoms with Crippen LogP contribution in [0.25, 0.3) is 11.1 Å². The Morgan fingerprint density at radius 1 is 1.06 bits per heavy atom. The molecule has 0 aromatic heterocycles. The molecule has 2 aromatic rings. The Balaban J connectivity index is 2.26. The third kappa shape index (κ3) is 8.52. The molecule has 0 bridgehead atoms. The van der Waals surface area contributed by atoms with Crippen molar-refractivity contribution in [1.29, 1.82) is 0 Å². The number of hydrogen-bond acceptors (Lipinski definition) is 5. The van der Waals surface area contributed by atoms with Gasteiger partial charge in [0.25, 0.3) is 5.91 Å². The average Bonchev–Trinajstić information content (AvgIpc) is 2.83. The van der Waals surface area contributed by atoms with E-state index in [-0.39, 0.29) is 5.91 Å². The van der Waals surface area contributed by atoms with Crippen LogP contribution in [0.15, 0.2) is 42.5 Å². The average molecular weight is 472 g/mol. The summed E-state index contributed by atoms with van der Waals surface area (Å²) in [6.07, 6.45) is 7.16. The van der Waals surface area contributed by atoms with Crippen LogP contribution in [0.4, 0.5) is 0 Å². The first kappa shape index (κ1) is 26.9. The van der Waals surface area contributed by atoms with Crippen LogP contribution in [0.2, 0.25) is 0 Å². The summed E-state index contributed by atoms with van der Waals surface area (Å²) >= 11 is 1.63. The highest BCUT2D eigenvalue weighted by Crippen LogP contribution is 2.28. The molecule has 0 heterocycles. The summed E-state index contributed by atoms with van der Waals surface area (Å²) in [5.41, 5.74) is 4.47. The second-order valence-corrected chi connectivity index (χ2v) is 9.12. The smallest absolute Gasteiger partial charge is 0.328 e. The van der Waals surface area contributed by atoms with Crippen LogP contribution in [-0.2, 0) is 20.9 Å². The lowest BCUT2D eigenvalue weighted by molar-refractivity contribution is -0.142. The van der Waals surface area contributed by atoms with Crippen molar-refractivity contribution in [3.8, 4) is 11.1 Å². The molecule has 1 unspecified atom stereocenters. The summed E-state index contributed by atoms with van der Waals surface area (Å²) in [7, 11) is 1.34. The van der Waals surface area contributed by atoms with Crippen molar-refractivity contribution in [3.05, 3.63) is 59.2 Å². The van der Waals surface area contributed by atoms with Crippen molar-refractivity contribution in [1.82, 2.24) is 5.32 Å². The molecule has 1 amide bonds. The van der Waals surface area contributed by atoms with E-state index in [1.807, 2.05) is 55.6 Å². The third-order valence-electron chi connectivity index (χ3n) is 5.58. The summed E-state index contributed by atoms with van der Waals surface area (Å²) < 4.78 is 10.8. The Hall–Kier alpha value is -2.31. The summed E-state index contributed by atoms with van der Waals surface area (Å²) in [5.74, 6) is 0.0406. The van der Waals surface area contributed by atoms with Crippen molar-refractivity contribution in [2.24, 2.45) is 0 Å². The second kappa shape index (κ2) is 14.8. The van der Waals surface area contributed by atoms with Crippen LogP contribution in [0, 0.1) is 6.92 Å². The maximum atomic E-state index is 13.3. The van der Waals surface area contributed by atoms with Crippen molar-refractivity contribution < 1.29 is 19.1 Å². The Morgan fingerprint density at radius 2 is 1.85 bits per heavy atom. The molecule has 0 aliphatic heterocycles. The first-order valence-corrected chi connectivity index (χ1v) is 13.1. The van der Waals surface area contributed by atoms with Crippen molar-refractivity contribution in [2.45, 2.75) is 58.6 Å². The number of amides is 1. The van der Waals surface area contributed by atoms with Crippen LogP contribution >= 0.6 is 11.8 Å². The molecule has 180 valence electrons. The number of nitrogens with one attached hydrogen (secondary N) is 1. The molecular weight excluding hydrogens is 434 g/mol. The number of esters is 1. The van der Waals surface area contributed by atoms with Gasteiger partial charge >= 0.3 is 5.97 Å². The molecule has 5 nitrogen and oxygen atoms in total. The topological polar surface area (TPSA) is 64.6 Å². The molecule has 2 aromatic carbocycles. The molecule has 0 saturated heterocycles. The highest BCUT2D eigenvalue weighted by atomic mass is 32.2. The minimum atomic E-state index is -0.675. The predicted molar refractivity (Wildman–Crippen MR) is 137 cm³/mol. The maximum absolute atomic E-state index is 13.3. The van der Waals surface area contributed by atoms with E-state index in [1.165, 1.54) is 26.4 Å². The fourth-order valence-electron chi connectivity index (χ4n) is 3.66. The van der Waals surface area contributed by atoms with Gasteiger partial charge in [0, 0.05) is 12.2 Å². The van der Waals surface area contributed by atoms with Crippen LogP contribution in [0.1, 0.15) is 60.5 Å². The molecule has 6 heteroatoms. The molecular formula is C27H37NO4S. The van der Waals surface area contributed by atoms with E-state index >= 15 is 0 Å². The lowest BCUT2D eigenvalue weighted by Gasteiger charge is -2.19. The van der Waals surface area contributed by atoms with Gasteiger partial charge in [0.05, 0.1) is 13.7 Å². The molecule has 0 saturated carbocycles. The zero-order valence-corrected chi connectivity index (χ0v) is 21.1. The number of methoxy groups -OCH3 is 1. The molecule has 2 rings (SSSR count). The Bertz CT molecular complexity index is 899. The van der Waals surface area contributed by atoms with Crippen LogP contribution in [0.5, 0.6) is 0 Å². The molecule has 1 N–H and O–H groups in total. The quantitative estimate of drug-likeness (QED) is 0.279. The van der Waals surface area contributed by atoms with E-state index in [0.29, 0.717) is 18.6 Å². The maximum Gasteiger partial charge on any atom is 0.328 e. The van der Waals surface area contributed by atoms with E-state index < -0.39 is 12.0 Å². The zero-order chi connectivity index (χ0) is 24.1. The number of hydrogen-bond donors (Lipinski definition) is 1. The minimum Gasteiger partial charge on any atom is -0.467 e. The van der Waals surface area contributed by atoms with E-state index in [9.17, 15) is 9.59 Å². The van der Waals surface area contributed by atoms with Gasteiger partial charge in [-0.25, -0.2) is 4.79 Å². The molecule has 33 heavy (non-hydrogen) atoms. The Kier molecular flexibility index (Phi) is 12.0. The van der Waals surface area contributed by atoms with E-state index in [0.717, 1.165) is 41.0 Å². The number of benzene rings is 2. The van der Waals surface area contributed by atoms with Gasteiger partial charge in [0.2, 0.25) is 0 Å². The molecule has 0 aliphatic rings. The van der Waals surface area contributed by atoms with Crippen molar-refractivity contribution in [3.63, 3.8) is 0 Å². The summed E-state index contributed by atoms with van der Waals surface area (Å²) in [5, 5.41) is 2.88. The Labute approximate surface area is 202 Å². The van der Waals surface area contributed by atoms with Gasteiger partial charge in [0.1, 0.15) is 6.04 Å². The third-order valence-corrected chi connectivity index (χ3v) is 6.22. The molecule has 0 radical (unpaired) electrons. The first-order valence-electron chi connectivity index (χ1n) is 11.7. The number of ether oxygens (including phenoxy) is 2. The largest absolute Gasteiger partial charge is 0.467 e. The van der Waals surface area contributed by atoms with Gasteiger partial charge in [-0.15, -0.1) is 0 Å². The van der Waals surface area contributed by atoms with Gasteiger partial charge in [-0.2, -0.15) is 11.8 Å². The molecule has 1 atom stereocenters.